The molecule has 4 heteroatoms. The topological polar surface area (TPSA) is 43.4 Å². The Morgan fingerprint density at radius 1 is 0.944 bits per heavy atom. The summed E-state index contributed by atoms with van der Waals surface area (Å²) in [5.74, 6) is 0.682. The lowest BCUT2D eigenvalue weighted by molar-refractivity contribution is -0.104. The Balaban J connectivity index is 2.13. The van der Waals surface area contributed by atoms with Crippen LogP contribution >= 0.6 is 11.6 Å². The lowest BCUT2D eigenvalue weighted by atomic mass is 10.1. The first-order chi connectivity index (χ1) is 8.69. The SMILES string of the molecule is O=CC(=O)c1ccc(Oc2ccc(Cl)cc2)cc1. The summed E-state index contributed by atoms with van der Waals surface area (Å²) in [6.45, 7) is 0. The van der Waals surface area contributed by atoms with Gasteiger partial charge in [-0.25, -0.2) is 0 Å². The van der Waals surface area contributed by atoms with Gasteiger partial charge >= 0.3 is 0 Å². The van der Waals surface area contributed by atoms with E-state index in [0.29, 0.717) is 22.1 Å². The second-order valence-corrected chi connectivity index (χ2v) is 4.00. The van der Waals surface area contributed by atoms with Crippen LogP contribution in [0.1, 0.15) is 10.4 Å². The van der Waals surface area contributed by atoms with Gasteiger partial charge in [-0.15, -0.1) is 0 Å². The summed E-state index contributed by atoms with van der Waals surface area (Å²) in [4.78, 5) is 21.4. The number of Topliss-reactive ketones (excluding diaryl/α,β-unsaturated/α-hetero) is 1. The molecule has 0 saturated heterocycles. The normalized spacial score (nSPS) is 9.83. The van der Waals surface area contributed by atoms with Crippen molar-refractivity contribution in [2.45, 2.75) is 0 Å². The van der Waals surface area contributed by atoms with Crippen molar-refractivity contribution in [3.63, 3.8) is 0 Å². The molecule has 0 bridgehead atoms. The van der Waals surface area contributed by atoms with Gasteiger partial charge in [0.2, 0.25) is 5.78 Å². The Kier molecular flexibility index (Phi) is 3.75. The van der Waals surface area contributed by atoms with Gasteiger partial charge in [-0.1, -0.05) is 11.6 Å². The molecule has 0 aliphatic carbocycles. The Labute approximate surface area is 109 Å². The van der Waals surface area contributed by atoms with Crippen molar-refractivity contribution < 1.29 is 14.3 Å². The van der Waals surface area contributed by atoms with E-state index in [0.717, 1.165) is 0 Å². The van der Waals surface area contributed by atoms with Crippen molar-refractivity contribution in [3.8, 4) is 11.5 Å². The van der Waals surface area contributed by atoms with Crippen molar-refractivity contribution in [1.82, 2.24) is 0 Å². The third kappa shape index (κ3) is 2.96. The van der Waals surface area contributed by atoms with E-state index < -0.39 is 5.78 Å². The number of ketones is 1. The second-order valence-electron chi connectivity index (χ2n) is 3.56. The number of carbonyl (C=O) groups is 2. The van der Waals surface area contributed by atoms with Crippen molar-refractivity contribution in [1.29, 1.82) is 0 Å². The maximum absolute atomic E-state index is 11.1. The number of hydrogen-bond acceptors (Lipinski definition) is 3. The molecule has 2 aromatic carbocycles. The highest BCUT2D eigenvalue weighted by molar-refractivity contribution is 6.33. The molecule has 0 spiro atoms. The minimum absolute atomic E-state index is 0.287. The molecule has 2 aromatic rings. The summed E-state index contributed by atoms with van der Waals surface area (Å²) in [6, 6.07) is 13.3. The van der Waals surface area contributed by atoms with Crippen LogP contribution in [0.3, 0.4) is 0 Å². The van der Waals surface area contributed by atoms with Gasteiger partial charge in [-0.3, -0.25) is 9.59 Å². The van der Waals surface area contributed by atoms with E-state index in [-0.39, 0.29) is 6.29 Å². The molecule has 0 unspecified atom stereocenters. The fourth-order valence-corrected chi connectivity index (χ4v) is 1.52. The van der Waals surface area contributed by atoms with E-state index in [9.17, 15) is 9.59 Å². The van der Waals surface area contributed by atoms with Crippen LogP contribution in [-0.2, 0) is 4.79 Å². The molecule has 0 aromatic heterocycles. The van der Waals surface area contributed by atoms with E-state index >= 15 is 0 Å². The first-order valence-electron chi connectivity index (χ1n) is 5.22. The molecule has 0 aliphatic heterocycles. The first kappa shape index (κ1) is 12.3. The van der Waals surface area contributed by atoms with Crippen molar-refractivity contribution >= 4 is 23.7 Å². The molecular weight excluding hydrogens is 252 g/mol. The van der Waals surface area contributed by atoms with Crippen LogP contribution in [0.5, 0.6) is 11.5 Å². The Bertz CT molecular complexity index is 559. The zero-order valence-corrected chi connectivity index (χ0v) is 10.1. The number of ether oxygens (including phenoxy) is 1. The minimum atomic E-state index is -0.548. The summed E-state index contributed by atoms with van der Waals surface area (Å²) in [5.41, 5.74) is 0.341. The van der Waals surface area contributed by atoms with Gasteiger partial charge in [-0.05, 0) is 48.5 Å². The van der Waals surface area contributed by atoms with Crippen LogP contribution in [-0.4, -0.2) is 12.1 Å². The quantitative estimate of drug-likeness (QED) is 0.480. The number of carbonyl (C=O) groups excluding carboxylic acids is 2. The van der Waals surface area contributed by atoms with Gasteiger partial charge in [0.05, 0.1) is 0 Å². The molecular formula is C14H9ClO3. The second kappa shape index (κ2) is 5.47. The van der Waals surface area contributed by atoms with Crippen LogP contribution in [0, 0.1) is 0 Å². The predicted octanol–water partition coefficient (Wildman–Crippen LogP) is 3.51. The van der Waals surface area contributed by atoms with Crippen LogP contribution < -0.4 is 4.74 Å². The highest BCUT2D eigenvalue weighted by atomic mass is 35.5. The number of benzene rings is 2. The van der Waals surface area contributed by atoms with E-state index in [2.05, 4.69) is 0 Å². The molecule has 0 fully saturated rings. The maximum atomic E-state index is 11.1. The van der Waals surface area contributed by atoms with Crippen LogP contribution in [0.2, 0.25) is 5.02 Å². The first-order valence-corrected chi connectivity index (χ1v) is 5.60. The highest BCUT2D eigenvalue weighted by Gasteiger charge is 2.04. The molecule has 90 valence electrons. The van der Waals surface area contributed by atoms with Gasteiger partial charge in [0.15, 0.2) is 6.29 Å². The van der Waals surface area contributed by atoms with E-state index in [4.69, 9.17) is 16.3 Å². The monoisotopic (exact) mass is 260 g/mol. The Hall–Kier alpha value is -2.13. The molecule has 0 atom stereocenters. The van der Waals surface area contributed by atoms with E-state index in [1.54, 1.807) is 48.5 Å². The summed E-state index contributed by atoms with van der Waals surface area (Å²) >= 11 is 5.76. The molecule has 0 amide bonds. The smallest absolute Gasteiger partial charge is 0.225 e. The van der Waals surface area contributed by atoms with Gasteiger partial charge in [0.1, 0.15) is 11.5 Å². The lowest BCUT2D eigenvalue weighted by Gasteiger charge is -2.05. The minimum Gasteiger partial charge on any atom is -0.457 e. The number of halogens is 1. The lowest BCUT2D eigenvalue weighted by Crippen LogP contribution is -1.98. The summed E-state index contributed by atoms with van der Waals surface area (Å²) < 4.78 is 5.54. The molecule has 0 radical (unpaired) electrons. The largest absolute Gasteiger partial charge is 0.457 e. The van der Waals surface area contributed by atoms with Crippen molar-refractivity contribution in [3.05, 3.63) is 59.1 Å². The third-order valence-corrected chi connectivity index (χ3v) is 2.55. The Morgan fingerprint density at radius 3 is 1.94 bits per heavy atom. The predicted molar refractivity (Wildman–Crippen MR) is 68.4 cm³/mol. The van der Waals surface area contributed by atoms with E-state index in [1.807, 2.05) is 0 Å². The standard InChI is InChI=1S/C14H9ClO3/c15-11-3-7-13(8-4-11)18-12-5-1-10(2-6-12)14(17)9-16/h1-9H. The van der Waals surface area contributed by atoms with Gasteiger partial charge in [-0.2, -0.15) is 0 Å². The number of rotatable bonds is 4. The van der Waals surface area contributed by atoms with Crippen molar-refractivity contribution in [2.24, 2.45) is 0 Å². The fourth-order valence-electron chi connectivity index (χ4n) is 1.39. The molecule has 0 aliphatic rings. The average Bonchev–Trinajstić information content (AvgIpc) is 2.41. The van der Waals surface area contributed by atoms with Gasteiger partial charge < -0.3 is 4.74 Å². The van der Waals surface area contributed by atoms with E-state index in [1.165, 1.54) is 0 Å². The summed E-state index contributed by atoms with van der Waals surface area (Å²) in [5, 5.41) is 0.634. The molecule has 3 nitrogen and oxygen atoms in total. The maximum Gasteiger partial charge on any atom is 0.225 e. The number of hydrogen-bond donors (Lipinski definition) is 0. The van der Waals surface area contributed by atoms with Crippen LogP contribution in [0.4, 0.5) is 0 Å². The zero-order valence-electron chi connectivity index (χ0n) is 9.30. The average molecular weight is 261 g/mol. The fraction of sp³-hybridized carbons (Fsp3) is 0. The van der Waals surface area contributed by atoms with Gasteiger partial charge in [0.25, 0.3) is 0 Å². The Morgan fingerprint density at radius 2 is 1.44 bits per heavy atom. The number of aldehydes is 1. The summed E-state index contributed by atoms with van der Waals surface area (Å²) in [7, 11) is 0. The molecule has 0 N–H and O–H groups in total. The highest BCUT2D eigenvalue weighted by Crippen LogP contribution is 2.23. The van der Waals surface area contributed by atoms with Crippen LogP contribution in [0.25, 0.3) is 0 Å². The van der Waals surface area contributed by atoms with Gasteiger partial charge in [0, 0.05) is 10.6 Å². The molecule has 2 rings (SSSR count). The molecule has 18 heavy (non-hydrogen) atoms. The third-order valence-electron chi connectivity index (χ3n) is 2.30. The summed E-state index contributed by atoms with van der Waals surface area (Å²) in [6.07, 6.45) is 0.287. The molecule has 0 saturated carbocycles. The molecule has 0 heterocycles. The van der Waals surface area contributed by atoms with Crippen LogP contribution in [0.15, 0.2) is 48.5 Å². The zero-order chi connectivity index (χ0) is 13.0. The van der Waals surface area contributed by atoms with Crippen molar-refractivity contribution in [2.75, 3.05) is 0 Å².